The van der Waals surface area contributed by atoms with E-state index in [4.69, 9.17) is 44.2 Å². The lowest BCUT2D eigenvalue weighted by Gasteiger charge is -2.24. The van der Waals surface area contributed by atoms with E-state index in [1.165, 1.54) is 31.1 Å². The summed E-state index contributed by atoms with van der Waals surface area (Å²) in [5.41, 5.74) is 6.29. The molecule has 17 nitrogen and oxygen atoms in total. The largest absolute Gasteiger partial charge is 0.480 e. The van der Waals surface area contributed by atoms with Gasteiger partial charge in [0.25, 0.3) is 0 Å². The quantitative estimate of drug-likeness (QED) is 0.187. The Bertz CT molecular complexity index is 1490. The Kier molecular flexibility index (Phi) is 12.0. The molecule has 0 radical (unpaired) electrons. The zero-order valence-corrected chi connectivity index (χ0v) is 23.2. The van der Waals surface area contributed by atoms with Crippen LogP contribution in [0.5, 0.6) is 5.75 Å². The number of para-hydroxylation sites is 1. The summed E-state index contributed by atoms with van der Waals surface area (Å²) in [6.07, 6.45) is 0.494. The predicted molar refractivity (Wildman–Crippen MR) is 139 cm³/mol. The van der Waals surface area contributed by atoms with Gasteiger partial charge in [0.1, 0.15) is 23.6 Å². The molecule has 3 aromatic rings. The monoisotopic (exact) mass is 617 g/mol. The number of halogens is 1. The Morgan fingerprint density at radius 1 is 1.27 bits per heavy atom. The molecular formula is C21H26FN7O10P2. The van der Waals surface area contributed by atoms with E-state index in [0.717, 1.165) is 6.08 Å². The van der Waals surface area contributed by atoms with Crippen LogP contribution in [0, 0.1) is 11.3 Å². The van der Waals surface area contributed by atoms with Crippen LogP contribution >= 0.6 is 15.3 Å². The van der Waals surface area contributed by atoms with E-state index in [-0.39, 0.29) is 22.7 Å². The Morgan fingerprint density at radius 2 is 1.88 bits per heavy atom. The van der Waals surface area contributed by atoms with Crippen LogP contribution in [0.3, 0.4) is 0 Å². The fourth-order valence-electron chi connectivity index (χ4n) is 3.03. The van der Waals surface area contributed by atoms with E-state index in [0.29, 0.717) is 0 Å². The predicted octanol–water partition coefficient (Wildman–Crippen LogP) is 2.03. The van der Waals surface area contributed by atoms with Crippen molar-refractivity contribution >= 4 is 38.3 Å². The molecule has 4 atom stereocenters. The van der Waals surface area contributed by atoms with E-state index in [2.05, 4.69) is 20.0 Å². The molecular weight excluding hydrogens is 591 g/mol. The van der Waals surface area contributed by atoms with Crippen molar-refractivity contribution < 1.29 is 52.1 Å². The smallest absolute Gasteiger partial charge is 0.466 e. The number of aromatic nitrogens is 4. The molecule has 0 bridgehead atoms. The molecule has 2 aromatic heterocycles. The molecule has 0 aliphatic carbocycles. The third kappa shape index (κ3) is 10.6. The van der Waals surface area contributed by atoms with Crippen LogP contribution in [0.2, 0.25) is 0 Å². The van der Waals surface area contributed by atoms with Gasteiger partial charge < -0.3 is 39.5 Å². The molecule has 1 aliphatic rings. The van der Waals surface area contributed by atoms with Crippen molar-refractivity contribution in [1.82, 2.24) is 24.6 Å². The number of rotatable bonds is 9. The molecule has 0 saturated carbocycles. The summed E-state index contributed by atoms with van der Waals surface area (Å²) in [5.74, 6) is -1.56. The number of nitrogens with zero attached hydrogens (tertiary/aromatic N) is 5. The van der Waals surface area contributed by atoms with Crippen molar-refractivity contribution in [2.45, 2.75) is 32.4 Å². The lowest BCUT2D eigenvalue weighted by atomic mass is 10.3. The Morgan fingerprint density at radius 3 is 2.46 bits per heavy atom. The number of hydrogen-bond acceptors (Lipinski definition) is 11. The van der Waals surface area contributed by atoms with Crippen LogP contribution in [0.15, 0.2) is 54.9 Å². The van der Waals surface area contributed by atoms with Crippen LogP contribution in [0.4, 0.5) is 10.2 Å². The van der Waals surface area contributed by atoms with Gasteiger partial charge in [-0.05, 0) is 19.1 Å². The maximum Gasteiger partial charge on any atom is 0.466 e. The standard InChI is InChI=1S/C19H20FN6O6P.C2H3N.H3O4P/c1-11(19(27)28)25-33(29,32-12-5-3-2-4-6-12)10-30-14-7-13(20)18(31-14)26-9-24-15-16(21)22-8-23-17(15)26;1-2-3;1-5(2,3)4/h2-9,11,14,18H,10H2,1H3,(H,25,29)(H,27,28)(H2,21,22,23);1H3;(H3,1,2,3,4)/t11-,14+,18+,33?;;/m0../s1. The van der Waals surface area contributed by atoms with E-state index in [9.17, 15) is 18.9 Å². The minimum atomic E-state index is -4.64. The number of ether oxygens (including phenoxy) is 2. The van der Waals surface area contributed by atoms with Gasteiger partial charge >= 0.3 is 21.3 Å². The summed E-state index contributed by atoms with van der Waals surface area (Å²) in [6, 6.07) is 8.72. The van der Waals surface area contributed by atoms with Gasteiger partial charge in [-0.25, -0.2) is 29.0 Å². The van der Waals surface area contributed by atoms with Crippen molar-refractivity contribution in [2.75, 3.05) is 12.1 Å². The lowest BCUT2D eigenvalue weighted by Crippen LogP contribution is -2.34. The van der Waals surface area contributed by atoms with E-state index in [1.807, 2.05) is 0 Å². The number of carboxylic acid groups (broad SMARTS) is 1. The number of benzene rings is 1. The van der Waals surface area contributed by atoms with Gasteiger partial charge in [0, 0.05) is 13.0 Å². The number of carboxylic acids is 1. The van der Waals surface area contributed by atoms with Crippen LogP contribution in [-0.4, -0.2) is 64.0 Å². The number of carbonyl (C=O) groups is 1. The summed E-state index contributed by atoms with van der Waals surface area (Å²) in [6.45, 7) is 2.74. The average molecular weight is 617 g/mol. The summed E-state index contributed by atoms with van der Waals surface area (Å²) >= 11 is 0. The van der Waals surface area contributed by atoms with E-state index < -0.39 is 52.0 Å². The molecule has 1 unspecified atom stereocenters. The first-order valence-corrected chi connectivity index (χ1v) is 14.6. The van der Waals surface area contributed by atoms with Gasteiger partial charge in [0.05, 0.1) is 12.4 Å². The minimum absolute atomic E-state index is 0.131. The highest BCUT2D eigenvalue weighted by Gasteiger charge is 2.35. The summed E-state index contributed by atoms with van der Waals surface area (Å²) < 4.78 is 54.7. The van der Waals surface area contributed by atoms with Gasteiger partial charge in [0.2, 0.25) is 0 Å². The zero-order chi connectivity index (χ0) is 30.8. The first-order valence-electron chi connectivity index (χ1n) is 11.2. The number of nitrogens with one attached hydrogen (secondary N) is 1. The zero-order valence-electron chi connectivity index (χ0n) is 21.4. The second kappa shape index (κ2) is 14.7. The molecule has 0 saturated heterocycles. The Balaban J connectivity index is 0.000000653. The molecule has 1 aliphatic heterocycles. The molecule has 0 spiro atoms. The molecule has 1 aromatic carbocycles. The van der Waals surface area contributed by atoms with Gasteiger partial charge in [0.15, 0.2) is 36.2 Å². The van der Waals surface area contributed by atoms with Gasteiger partial charge in [-0.1, -0.05) is 18.2 Å². The molecule has 4 rings (SSSR count). The highest BCUT2D eigenvalue weighted by atomic mass is 31.2. The van der Waals surface area contributed by atoms with E-state index >= 15 is 0 Å². The number of imidazole rings is 1. The van der Waals surface area contributed by atoms with Crippen molar-refractivity contribution in [2.24, 2.45) is 0 Å². The van der Waals surface area contributed by atoms with Crippen molar-refractivity contribution in [3.63, 3.8) is 0 Å². The normalized spacial score (nSPS) is 18.4. The molecule has 222 valence electrons. The fraction of sp³-hybridized carbons (Fsp3) is 0.286. The highest BCUT2D eigenvalue weighted by Crippen LogP contribution is 2.45. The molecule has 20 heteroatoms. The van der Waals surface area contributed by atoms with Crippen molar-refractivity contribution in [1.29, 1.82) is 5.26 Å². The topological polar surface area (TPSA) is 265 Å². The van der Waals surface area contributed by atoms with Crippen LogP contribution in [-0.2, 0) is 23.4 Å². The number of nitrogens with two attached hydrogens (primary N) is 1. The number of nitriles is 1. The number of anilines is 1. The SMILES string of the molecule is CC#N.C[C@H](NP(=O)(CO[C@H]1C=C(F)[C@H](n2cnc3c(N)ncnc32)O1)Oc1ccccc1)C(=O)O.O=P(O)(O)O. The number of phosphoric acid groups is 1. The average Bonchev–Trinajstić information content (AvgIpc) is 3.46. The van der Waals surface area contributed by atoms with Crippen molar-refractivity contribution in [3.05, 3.63) is 54.9 Å². The number of nitrogen functional groups attached to an aromatic ring is 1. The lowest BCUT2D eigenvalue weighted by molar-refractivity contribution is -0.138. The maximum absolute atomic E-state index is 14.7. The van der Waals surface area contributed by atoms with Crippen LogP contribution < -0.4 is 15.3 Å². The van der Waals surface area contributed by atoms with E-state index in [1.54, 1.807) is 36.4 Å². The molecule has 7 N–H and O–H groups in total. The third-order valence-corrected chi connectivity index (χ3v) is 6.37. The summed E-state index contributed by atoms with van der Waals surface area (Å²) in [7, 11) is -8.53. The number of fused-ring (bicyclic) bond motifs is 1. The Labute approximate surface area is 231 Å². The minimum Gasteiger partial charge on any atom is -0.480 e. The maximum atomic E-state index is 14.7. The molecule has 3 heterocycles. The second-order valence-electron chi connectivity index (χ2n) is 7.79. The first-order chi connectivity index (χ1) is 19.2. The Hall–Kier alpha value is -3.78. The molecule has 0 fully saturated rings. The van der Waals surface area contributed by atoms with Gasteiger partial charge in [-0.2, -0.15) is 5.26 Å². The second-order valence-corrected chi connectivity index (χ2v) is 10.9. The summed E-state index contributed by atoms with van der Waals surface area (Å²) in [4.78, 5) is 44.8. The third-order valence-electron chi connectivity index (χ3n) is 4.60. The fourth-order valence-corrected chi connectivity index (χ4v) is 4.72. The number of aliphatic carboxylic acids is 1. The first kappa shape index (κ1) is 33.4. The van der Waals surface area contributed by atoms with Crippen LogP contribution in [0.25, 0.3) is 11.2 Å². The number of hydrogen-bond donors (Lipinski definition) is 6. The molecule has 41 heavy (non-hydrogen) atoms. The molecule has 0 amide bonds. The van der Waals surface area contributed by atoms with Gasteiger partial charge in [-0.3, -0.25) is 13.9 Å². The van der Waals surface area contributed by atoms with Gasteiger partial charge in [-0.15, -0.1) is 0 Å². The van der Waals surface area contributed by atoms with Crippen LogP contribution in [0.1, 0.15) is 20.1 Å². The highest BCUT2D eigenvalue weighted by molar-refractivity contribution is 7.57. The van der Waals surface area contributed by atoms with Crippen molar-refractivity contribution in [3.8, 4) is 11.8 Å². The summed E-state index contributed by atoms with van der Waals surface area (Å²) in [5, 5.41) is 18.9.